The fraction of sp³-hybridized carbons (Fsp3) is 0.632. The molecule has 0 aliphatic carbocycles. The molecule has 1 saturated heterocycles. The van der Waals surface area contributed by atoms with E-state index >= 15 is 0 Å². The fourth-order valence-electron chi connectivity index (χ4n) is 3.53. The van der Waals surface area contributed by atoms with Crippen LogP contribution >= 0.6 is 0 Å². The Bertz CT molecular complexity index is 679. The molecule has 2 heterocycles. The second kappa shape index (κ2) is 8.18. The number of hydrogen-bond acceptors (Lipinski definition) is 6. The van der Waals surface area contributed by atoms with Gasteiger partial charge in [-0.25, -0.2) is 0 Å². The van der Waals surface area contributed by atoms with Gasteiger partial charge in [0.2, 0.25) is 0 Å². The maximum Gasteiger partial charge on any atom is 0.327 e. The van der Waals surface area contributed by atoms with Crippen LogP contribution in [0.25, 0.3) is 0 Å². The van der Waals surface area contributed by atoms with Crippen LogP contribution in [0.15, 0.2) is 18.2 Å². The van der Waals surface area contributed by atoms with Crippen molar-refractivity contribution in [2.75, 3.05) is 43.9 Å². The van der Waals surface area contributed by atoms with E-state index in [-0.39, 0.29) is 12.8 Å². The predicted molar refractivity (Wildman–Crippen MR) is 109 cm³/mol. The SMILES string of the molecule is CO[C@H]1CCN(c2ccc3c(c2)C(C(=O)O)N(COCC[Si](C)(C)C)N3)C1. The van der Waals surface area contributed by atoms with Gasteiger partial charge in [-0.15, -0.1) is 0 Å². The summed E-state index contributed by atoms with van der Waals surface area (Å²) in [7, 11) is 0.573. The van der Waals surface area contributed by atoms with Gasteiger partial charge in [-0.1, -0.05) is 19.6 Å². The van der Waals surface area contributed by atoms with Crippen LogP contribution < -0.4 is 10.3 Å². The van der Waals surface area contributed by atoms with E-state index in [2.05, 4.69) is 30.0 Å². The van der Waals surface area contributed by atoms with Gasteiger partial charge < -0.3 is 24.9 Å². The average Bonchev–Trinajstić information content (AvgIpc) is 3.21. The number of hydrogen-bond donors (Lipinski definition) is 2. The molecule has 2 N–H and O–H groups in total. The lowest BCUT2D eigenvalue weighted by Gasteiger charge is -2.23. The number of hydrazine groups is 1. The monoisotopic (exact) mass is 393 g/mol. The van der Waals surface area contributed by atoms with E-state index in [0.717, 1.165) is 42.5 Å². The quantitative estimate of drug-likeness (QED) is 0.519. The molecule has 1 fully saturated rings. The number of benzene rings is 1. The smallest absolute Gasteiger partial charge is 0.327 e. The summed E-state index contributed by atoms with van der Waals surface area (Å²) in [6.45, 7) is 9.57. The number of fused-ring (bicyclic) bond motifs is 1. The summed E-state index contributed by atoms with van der Waals surface area (Å²) in [6, 6.07) is 6.31. The maximum atomic E-state index is 11.9. The average molecular weight is 394 g/mol. The molecule has 0 aromatic heterocycles. The van der Waals surface area contributed by atoms with Crippen LogP contribution in [0.3, 0.4) is 0 Å². The largest absolute Gasteiger partial charge is 0.480 e. The summed E-state index contributed by atoms with van der Waals surface area (Å²) >= 11 is 0. The number of anilines is 2. The Labute approximate surface area is 162 Å². The third kappa shape index (κ3) is 4.81. The maximum absolute atomic E-state index is 11.9. The lowest BCUT2D eigenvalue weighted by molar-refractivity contribution is -0.144. The molecule has 2 aliphatic heterocycles. The Morgan fingerprint density at radius 2 is 2.15 bits per heavy atom. The van der Waals surface area contributed by atoms with Gasteiger partial charge in [-0.3, -0.25) is 4.79 Å². The van der Waals surface area contributed by atoms with Crippen molar-refractivity contribution in [3.63, 3.8) is 0 Å². The molecular weight excluding hydrogens is 362 g/mol. The van der Waals surface area contributed by atoms with Gasteiger partial charge in [0.15, 0.2) is 6.04 Å². The summed E-state index contributed by atoms with van der Waals surface area (Å²) in [5.41, 5.74) is 5.86. The molecular formula is C19H31N3O4Si. The normalized spacial score (nSPS) is 22.7. The first-order valence-corrected chi connectivity index (χ1v) is 13.2. The third-order valence-electron chi connectivity index (χ3n) is 5.21. The molecule has 2 aliphatic rings. The van der Waals surface area contributed by atoms with Crippen LogP contribution in [0.1, 0.15) is 18.0 Å². The van der Waals surface area contributed by atoms with Crippen molar-refractivity contribution >= 4 is 25.4 Å². The molecule has 1 unspecified atom stereocenters. The van der Waals surface area contributed by atoms with Crippen LogP contribution in [-0.2, 0) is 14.3 Å². The zero-order valence-corrected chi connectivity index (χ0v) is 17.7. The van der Waals surface area contributed by atoms with Crippen LogP contribution in [-0.4, -0.2) is 63.8 Å². The van der Waals surface area contributed by atoms with Gasteiger partial charge in [0.05, 0.1) is 11.8 Å². The Balaban J connectivity index is 1.68. The van der Waals surface area contributed by atoms with Crippen LogP contribution in [0.4, 0.5) is 11.4 Å². The number of ether oxygens (including phenoxy) is 2. The highest BCUT2D eigenvalue weighted by atomic mass is 28.3. The van der Waals surface area contributed by atoms with Crippen molar-refractivity contribution in [2.45, 2.75) is 44.3 Å². The first-order chi connectivity index (χ1) is 12.8. The number of aliphatic carboxylic acids is 1. The second-order valence-corrected chi connectivity index (χ2v) is 14.2. The van der Waals surface area contributed by atoms with Crippen molar-refractivity contribution in [3.8, 4) is 0 Å². The molecule has 150 valence electrons. The highest BCUT2D eigenvalue weighted by Crippen LogP contribution is 2.38. The number of methoxy groups -OCH3 is 1. The molecule has 8 heteroatoms. The summed E-state index contributed by atoms with van der Waals surface area (Å²) in [6.07, 6.45) is 1.23. The van der Waals surface area contributed by atoms with Crippen LogP contribution in [0.2, 0.25) is 25.7 Å². The van der Waals surface area contributed by atoms with Gasteiger partial charge in [-0.2, -0.15) is 5.01 Å². The zero-order chi connectivity index (χ0) is 19.6. The van der Waals surface area contributed by atoms with E-state index in [0.29, 0.717) is 6.61 Å². The van der Waals surface area contributed by atoms with Crippen molar-refractivity contribution in [1.82, 2.24) is 5.01 Å². The minimum absolute atomic E-state index is 0.239. The van der Waals surface area contributed by atoms with Gasteiger partial charge in [0, 0.05) is 46.1 Å². The Hall–Kier alpha value is -1.61. The van der Waals surface area contributed by atoms with Crippen LogP contribution in [0, 0.1) is 0 Å². The van der Waals surface area contributed by atoms with E-state index < -0.39 is 20.1 Å². The van der Waals surface area contributed by atoms with Gasteiger partial charge in [0.1, 0.15) is 6.73 Å². The highest BCUT2D eigenvalue weighted by molar-refractivity contribution is 6.76. The highest BCUT2D eigenvalue weighted by Gasteiger charge is 2.36. The summed E-state index contributed by atoms with van der Waals surface area (Å²) in [5, 5.41) is 11.5. The molecule has 0 saturated carbocycles. The Kier molecular flexibility index (Phi) is 6.10. The van der Waals surface area contributed by atoms with Crippen molar-refractivity contribution in [1.29, 1.82) is 0 Å². The Morgan fingerprint density at radius 1 is 1.37 bits per heavy atom. The number of nitrogens with one attached hydrogen (secondary N) is 1. The lowest BCUT2D eigenvalue weighted by atomic mass is 10.1. The topological polar surface area (TPSA) is 74.3 Å². The first-order valence-electron chi connectivity index (χ1n) is 9.54. The molecule has 7 nitrogen and oxygen atoms in total. The minimum Gasteiger partial charge on any atom is -0.480 e. The van der Waals surface area contributed by atoms with Crippen molar-refractivity contribution < 1.29 is 19.4 Å². The predicted octanol–water partition coefficient (Wildman–Crippen LogP) is 2.99. The molecule has 0 radical (unpaired) electrons. The molecule has 1 aromatic rings. The number of carbonyl (C=O) groups is 1. The fourth-order valence-corrected chi connectivity index (χ4v) is 4.29. The summed E-state index contributed by atoms with van der Waals surface area (Å²) in [4.78, 5) is 14.2. The van der Waals surface area contributed by atoms with Gasteiger partial charge >= 0.3 is 5.97 Å². The molecule has 0 spiro atoms. The summed E-state index contributed by atoms with van der Waals surface area (Å²) in [5.74, 6) is -0.872. The third-order valence-corrected chi connectivity index (χ3v) is 6.91. The molecule has 0 amide bonds. The second-order valence-electron chi connectivity index (χ2n) is 8.53. The number of rotatable bonds is 8. The molecule has 27 heavy (non-hydrogen) atoms. The standard InChI is InChI=1S/C19H31N3O4Si/c1-25-15-7-8-21(12-15)14-5-6-17-16(11-14)18(19(23)24)22(20-17)13-26-9-10-27(2,3)4/h5-6,11,15,18,20H,7-10,12-13H2,1-4H3,(H,23,24)/t15-,18?/m0/s1. The molecule has 0 bridgehead atoms. The number of carboxylic acids is 1. The molecule has 2 atom stereocenters. The summed E-state index contributed by atoms with van der Waals surface area (Å²) < 4.78 is 11.2. The van der Waals surface area contributed by atoms with E-state index in [1.54, 1.807) is 12.1 Å². The lowest BCUT2D eigenvalue weighted by Crippen LogP contribution is -2.35. The first kappa shape index (κ1) is 20.1. The van der Waals surface area contributed by atoms with E-state index in [9.17, 15) is 9.90 Å². The van der Waals surface area contributed by atoms with Gasteiger partial charge in [0.25, 0.3) is 0 Å². The molecule has 3 rings (SSSR count). The van der Waals surface area contributed by atoms with Crippen molar-refractivity contribution in [3.05, 3.63) is 23.8 Å². The van der Waals surface area contributed by atoms with E-state index in [1.165, 1.54) is 0 Å². The number of carboxylic acid groups (broad SMARTS) is 1. The van der Waals surface area contributed by atoms with Gasteiger partial charge in [-0.05, 0) is 30.7 Å². The Morgan fingerprint density at radius 3 is 2.78 bits per heavy atom. The zero-order valence-electron chi connectivity index (χ0n) is 16.7. The van der Waals surface area contributed by atoms with E-state index in [4.69, 9.17) is 9.47 Å². The van der Waals surface area contributed by atoms with E-state index in [1.807, 2.05) is 18.2 Å². The van der Waals surface area contributed by atoms with Crippen molar-refractivity contribution in [2.24, 2.45) is 0 Å². The molecule has 1 aromatic carbocycles. The minimum atomic E-state index is -1.16. The van der Waals surface area contributed by atoms with Crippen LogP contribution in [0.5, 0.6) is 0 Å². The number of nitrogens with zero attached hydrogens (tertiary/aromatic N) is 2.